The zero-order chi connectivity index (χ0) is 11.3. The first-order valence-corrected chi connectivity index (χ1v) is 6.22. The minimum atomic E-state index is -0.576. The number of thioether (sulfide) groups is 1. The average Bonchev–Trinajstić information content (AvgIpc) is 2.70. The molecule has 1 aliphatic rings. The van der Waals surface area contributed by atoms with Crippen molar-refractivity contribution in [3.63, 3.8) is 0 Å². The monoisotopic (exact) mass is 231 g/mol. The van der Waals surface area contributed by atoms with Crippen molar-refractivity contribution in [2.24, 2.45) is 5.73 Å². The largest absolute Gasteiger partial charge is 0.320 e. The summed E-state index contributed by atoms with van der Waals surface area (Å²) in [6.07, 6.45) is 1.44. The van der Waals surface area contributed by atoms with Crippen LogP contribution in [0.2, 0.25) is 0 Å². The highest BCUT2D eigenvalue weighted by molar-refractivity contribution is 7.99. The third-order valence-electron chi connectivity index (χ3n) is 2.22. The molecule has 2 atom stereocenters. The van der Waals surface area contributed by atoms with E-state index in [1.165, 1.54) is 0 Å². The van der Waals surface area contributed by atoms with Crippen LogP contribution in [0.5, 0.6) is 0 Å². The topological polar surface area (TPSA) is 84.2 Å². The molecule has 0 spiro atoms. The molecule has 0 aromatic carbocycles. The number of amides is 2. The highest BCUT2D eigenvalue weighted by Crippen LogP contribution is 2.09. The first-order chi connectivity index (χ1) is 7.15. The lowest BCUT2D eigenvalue weighted by molar-refractivity contribution is -0.132. The van der Waals surface area contributed by atoms with Crippen molar-refractivity contribution in [2.75, 3.05) is 11.6 Å². The van der Waals surface area contributed by atoms with Gasteiger partial charge in [0.25, 0.3) is 0 Å². The van der Waals surface area contributed by atoms with E-state index >= 15 is 0 Å². The average molecular weight is 231 g/mol. The van der Waals surface area contributed by atoms with E-state index in [9.17, 15) is 9.59 Å². The summed E-state index contributed by atoms with van der Waals surface area (Å²) in [5.74, 6) is 0.826. The Kier molecular flexibility index (Phi) is 5.07. The van der Waals surface area contributed by atoms with Crippen LogP contribution in [0.4, 0.5) is 0 Å². The van der Waals surface area contributed by atoms with Gasteiger partial charge in [0.2, 0.25) is 11.8 Å². The molecule has 86 valence electrons. The fraction of sp³-hybridized carbons (Fsp3) is 0.778. The van der Waals surface area contributed by atoms with Crippen molar-refractivity contribution in [3.8, 4) is 0 Å². The van der Waals surface area contributed by atoms with Gasteiger partial charge in [-0.2, -0.15) is 0 Å². The van der Waals surface area contributed by atoms with Gasteiger partial charge in [0.1, 0.15) is 0 Å². The maximum Gasteiger partial charge on any atom is 0.244 e. The van der Waals surface area contributed by atoms with E-state index in [-0.39, 0.29) is 17.9 Å². The molecule has 4 N–H and O–H groups in total. The molecule has 1 saturated heterocycles. The first-order valence-electron chi connectivity index (χ1n) is 5.06. The Hall–Kier alpha value is -0.590. The van der Waals surface area contributed by atoms with Crippen LogP contribution < -0.4 is 16.4 Å². The van der Waals surface area contributed by atoms with Gasteiger partial charge in [-0.3, -0.25) is 20.2 Å². The van der Waals surface area contributed by atoms with Crippen molar-refractivity contribution in [3.05, 3.63) is 0 Å². The molecule has 1 rings (SSSR count). The van der Waals surface area contributed by atoms with Crippen LogP contribution in [-0.4, -0.2) is 35.5 Å². The number of carbonyl (C=O) groups excluding carboxylic acids is 2. The second-order valence-corrected chi connectivity index (χ2v) is 4.55. The van der Waals surface area contributed by atoms with Crippen molar-refractivity contribution >= 4 is 23.6 Å². The van der Waals surface area contributed by atoms with Gasteiger partial charge >= 0.3 is 0 Å². The van der Waals surface area contributed by atoms with E-state index in [0.717, 1.165) is 12.3 Å². The molecular weight excluding hydrogens is 214 g/mol. The molecular formula is C9H17N3O2S. The van der Waals surface area contributed by atoms with E-state index in [1.807, 2.05) is 6.92 Å². The highest BCUT2D eigenvalue weighted by atomic mass is 32.2. The molecule has 0 aromatic heterocycles. The van der Waals surface area contributed by atoms with Crippen molar-refractivity contribution < 1.29 is 9.59 Å². The quantitative estimate of drug-likeness (QED) is 0.603. The van der Waals surface area contributed by atoms with Gasteiger partial charge in [-0.15, -0.1) is 11.8 Å². The maximum atomic E-state index is 11.5. The minimum Gasteiger partial charge on any atom is -0.320 e. The van der Waals surface area contributed by atoms with Gasteiger partial charge in [0, 0.05) is 11.6 Å². The van der Waals surface area contributed by atoms with Gasteiger partial charge in [-0.05, 0) is 6.42 Å². The molecule has 6 heteroatoms. The van der Waals surface area contributed by atoms with Gasteiger partial charge in [-0.1, -0.05) is 13.3 Å². The summed E-state index contributed by atoms with van der Waals surface area (Å²) in [6, 6.07) is -0.833. The van der Waals surface area contributed by atoms with E-state index < -0.39 is 6.04 Å². The lowest BCUT2D eigenvalue weighted by Gasteiger charge is -2.13. The van der Waals surface area contributed by atoms with Crippen LogP contribution in [0.3, 0.4) is 0 Å². The molecule has 1 aliphatic heterocycles. The van der Waals surface area contributed by atoms with Crippen molar-refractivity contribution in [1.29, 1.82) is 0 Å². The number of carbonyl (C=O) groups is 2. The van der Waals surface area contributed by atoms with Gasteiger partial charge in [0.05, 0.1) is 12.1 Å². The molecule has 0 aliphatic carbocycles. The summed E-state index contributed by atoms with van der Waals surface area (Å²) >= 11 is 1.64. The molecule has 0 aromatic rings. The summed E-state index contributed by atoms with van der Waals surface area (Å²) in [4.78, 5) is 22.9. The number of imide groups is 1. The Morgan fingerprint density at radius 1 is 1.67 bits per heavy atom. The number of hydrogen-bond acceptors (Lipinski definition) is 5. The molecule has 15 heavy (non-hydrogen) atoms. The van der Waals surface area contributed by atoms with Gasteiger partial charge in [0.15, 0.2) is 0 Å². The van der Waals surface area contributed by atoms with Crippen LogP contribution in [0.25, 0.3) is 0 Å². The molecule has 1 heterocycles. The summed E-state index contributed by atoms with van der Waals surface area (Å²) < 4.78 is 0. The third kappa shape index (κ3) is 3.81. The van der Waals surface area contributed by atoms with Gasteiger partial charge in [-0.25, -0.2) is 0 Å². The second-order valence-electron chi connectivity index (χ2n) is 3.52. The van der Waals surface area contributed by atoms with Crippen LogP contribution >= 0.6 is 11.8 Å². The van der Waals surface area contributed by atoms with Gasteiger partial charge < -0.3 is 5.73 Å². The van der Waals surface area contributed by atoms with Crippen molar-refractivity contribution in [1.82, 2.24) is 10.6 Å². The summed E-state index contributed by atoms with van der Waals surface area (Å²) in [5, 5.41) is 5.32. The molecule has 5 nitrogen and oxygen atoms in total. The summed E-state index contributed by atoms with van der Waals surface area (Å²) in [7, 11) is 0. The molecule has 0 bridgehead atoms. The minimum absolute atomic E-state index is 0.257. The summed E-state index contributed by atoms with van der Waals surface area (Å²) in [6.45, 7) is 1.95. The standard InChI is InChI=1S/C9H17N3O2S/c1-2-3-6(10)8(13)12-9(14)7-4-15-5-11-7/h6-7,11H,2-5,10H2,1H3,(H,12,13,14)/t6-,7?/m0/s1. The first kappa shape index (κ1) is 12.5. The fourth-order valence-corrected chi connectivity index (χ4v) is 2.25. The Balaban J connectivity index is 2.33. The number of hydrogen-bond donors (Lipinski definition) is 3. The zero-order valence-electron chi connectivity index (χ0n) is 8.79. The lowest BCUT2D eigenvalue weighted by atomic mass is 10.1. The van der Waals surface area contributed by atoms with E-state index in [0.29, 0.717) is 12.2 Å². The normalized spacial score (nSPS) is 22.4. The van der Waals surface area contributed by atoms with E-state index in [4.69, 9.17) is 5.73 Å². The molecule has 0 radical (unpaired) electrons. The highest BCUT2D eigenvalue weighted by Gasteiger charge is 2.25. The zero-order valence-corrected chi connectivity index (χ0v) is 9.60. The number of nitrogens with one attached hydrogen (secondary N) is 2. The predicted octanol–water partition coefficient (Wildman–Crippen LogP) is -0.581. The molecule has 2 amide bonds. The molecule has 0 saturated carbocycles. The van der Waals surface area contributed by atoms with E-state index in [1.54, 1.807) is 11.8 Å². The molecule has 1 fully saturated rings. The maximum absolute atomic E-state index is 11.5. The Labute approximate surface area is 93.5 Å². The van der Waals surface area contributed by atoms with Crippen molar-refractivity contribution in [2.45, 2.75) is 31.8 Å². The molecule has 1 unspecified atom stereocenters. The fourth-order valence-electron chi connectivity index (χ4n) is 1.31. The third-order valence-corrected chi connectivity index (χ3v) is 3.16. The van der Waals surface area contributed by atoms with Crippen LogP contribution in [0, 0.1) is 0 Å². The summed E-state index contributed by atoms with van der Waals surface area (Å²) in [5.41, 5.74) is 5.58. The number of nitrogens with two attached hydrogens (primary N) is 1. The number of rotatable bonds is 4. The Morgan fingerprint density at radius 2 is 2.40 bits per heavy atom. The van der Waals surface area contributed by atoms with Crippen LogP contribution in [0.15, 0.2) is 0 Å². The predicted molar refractivity (Wildman–Crippen MR) is 60.3 cm³/mol. The van der Waals surface area contributed by atoms with Crippen LogP contribution in [-0.2, 0) is 9.59 Å². The van der Waals surface area contributed by atoms with Crippen LogP contribution in [0.1, 0.15) is 19.8 Å². The van der Waals surface area contributed by atoms with E-state index in [2.05, 4.69) is 10.6 Å². The second kappa shape index (κ2) is 6.09. The Morgan fingerprint density at radius 3 is 2.93 bits per heavy atom. The Bertz CT molecular complexity index is 242. The smallest absolute Gasteiger partial charge is 0.244 e. The SMILES string of the molecule is CCC[C@H](N)C(=O)NC(=O)C1CSCN1. The lowest BCUT2D eigenvalue weighted by Crippen LogP contribution is -2.49.